The summed E-state index contributed by atoms with van der Waals surface area (Å²) in [5.41, 5.74) is 6.31. The van der Waals surface area contributed by atoms with Crippen molar-refractivity contribution in [3.63, 3.8) is 0 Å². The number of carbonyl (C=O) groups is 1. The first-order valence-corrected chi connectivity index (χ1v) is 15.4. The number of hydrogen-bond acceptors (Lipinski definition) is 8. The van der Waals surface area contributed by atoms with Crippen LogP contribution in [0.15, 0.2) is 67.3 Å². The maximum atomic E-state index is 14.6. The van der Waals surface area contributed by atoms with Crippen molar-refractivity contribution < 1.29 is 17.6 Å². The van der Waals surface area contributed by atoms with Gasteiger partial charge in [0.25, 0.3) is 0 Å². The van der Waals surface area contributed by atoms with Gasteiger partial charge in [-0.25, -0.2) is 22.5 Å². The van der Waals surface area contributed by atoms with Crippen LogP contribution in [0.2, 0.25) is 0 Å². The van der Waals surface area contributed by atoms with Crippen molar-refractivity contribution in [3.05, 3.63) is 78.6 Å². The lowest BCUT2D eigenvalue weighted by Crippen LogP contribution is -2.27. The molecule has 4 N–H and O–H groups in total. The smallest absolute Gasteiger partial charge is 0.238 e. The van der Waals surface area contributed by atoms with Gasteiger partial charge in [-0.3, -0.25) is 19.9 Å². The molecule has 0 aliphatic carbocycles. The van der Waals surface area contributed by atoms with Gasteiger partial charge >= 0.3 is 0 Å². The summed E-state index contributed by atoms with van der Waals surface area (Å²) in [6.07, 6.45) is 7.62. The van der Waals surface area contributed by atoms with Crippen molar-refractivity contribution in [1.29, 1.82) is 0 Å². The molecule has 1 aromatic carbocycles. The molecule has 0 fully saturated rings. The summed E-state index contributed by atoms with van der Waals surface area (Å²) in [6.45, 7) is 0.210. The van der Waals surface area contributed by atoms with Crippen LogP contribution in [0.25, 0.3) is 55.7 Å². The standard InChI is InChI=1S/C30H28FN9O3S/c1-40(2)16-28(41)36-21-9-19(13-32-14-21)25-11-24-27(15-34-25)38-39-29(24)26-10-23-22(4-5-33-30(23)37-26)18-6-17(7-20(31)8-18)12-35-44(3,42)43/h4-11,13-15,35H,12,16H2,1-3H3,(H,33,37)(H,36,41)(H,38,39). The molecule has 224 valence electrons. The van der Waals surface area contributed by atoms with Crippen molar-refractivity contribution in [3.8, 4) is 33.8 Å². The number of aromatic nitrogens is 6. The summed E-state index contributed by atoms with van der Waals surface area (Å²) in [4.78, 5) is 30.6. The van der Waals surface area contributed by atoms with Crippen LogP contribution in [0.4, 0.5) is 10.1 Å². The predicted octanol–water partition coefficient (Wildman–Crippen LogP) is 3.92. The van der Waals surface area contributed by atoms with Gasteiger partial charge in [0.2, 0.25) is 15.9 Å². The van der Waals surface area contributed by atoms with Crippen LogP contribution in [0.5, 0.6) is 0 Å². The summed E-state index contributed by atoms with van der Waals surface area (Å²) >= 11 is 0. The number of sulfonamides is 1. The summed E-state index contributed by atoms with van der Waals surface area (Å²) in [6, 6.07) is 11.8. The van der Waals surface area contributed by atoms with Crippen molar-refractivity contribution in [1.82, 2.24) is 39.8 Å². The molecular formula is C30H28FN9O3S. The number of amides is 1. The number of anilines is 1. The fraction of sp³-hybridized carbons (Fsp3) is 0.167. The Morgan fingerprint density at radius 2 is 1.84 bits per heavy atom. The Bertz CT molecular complexity index is 2140. The van der Waals surface area contributed by atoms with Crippen LogP contribution >= 0.6 is 0 Å². The van der Waals surface area contributed by atoms with E-state index < -0.39 is 15.8 Å². The van der Waals surface area contributed by atoms with Crippen LogP contribution in [0.1, 0.15) is 5.56 Å². The van der Waals surface area contributed by atoms with Gasteiger partial charge < -0.3 is 15.2 Å². The number of benzene rings is 1. The molecule has 14 heteroatoms. The molecule has 1 amide bonds. The van der Waals surface area contributed by atoms with E-state index >= 15 is 0 Å². The van der Waals surface area contributed by atoms with E-state index in [1.54, 1.807) is 41.8 Å². The molecule has 6 aromatic rings. The molecular weight excluding hydrogens is 585 g/mol. The number of hydrogen-bond donors (Lipinski definition) is 4. The van der Waals surface area contributed by atoms with Gasteiger partial charge in [-0.05, 0) is 73.3 Å². The normalized spacial score (nSPS) is 11.9. The topological polar surface area (TPSA) is 162 Å². The molecule has 12 nitrogen and oxygen atoms in total. The lowest BCUT2D eigenvalue weighted by atomic mass is 10.0. The Hall–Kier alpha value is -5.05. The first-order valence-electron chi connectivity index (χ1n) is 13.5. The Labute approximate surface area is 251 Å². The van der Waals surface area contributed by atoms with Crippen LogP contribution in [-0.4, -0.2) is 76.3 Å². The number of halogens is 1. The van der Waals surface area contributed by atoms with E-state index in [-0.39, 0.29) is 19.0 Å². The minimum atomic E-state index is -3.44. The van der Waals surface area contributed by atoms with E-state index in [2.05, 4.69) is 40.2 Å². The predicted molar refractivity (Wildman–Crippen MR) is 166 cm³/mol. The fourth-order valence-electron chi connectivity index (χ4n) is 4.94. The molecule has 0 aliphatic rings. The number of rotatable bonds is 9. The second-order valence-electron chi connectivity index (χ2n) is 10.7. The molecule has 0 saturated heterocycles. The van der Waals surface area contributed by atoms with Crippen molar-refractivity contribution in [2.24, 2.45) is 0 Å². The lowest BCUT2D eigenvalue weighted by Gasteiger charge is -2.10. The van der Waals surface area contributed by atoms with Gasteiger partial charge in [-0.2, -0.15) is 5.10 Å². The minimum Gasteiger partial charge on any atom is -0.338 e. The Morgan fingerprint density at radius 3 is 2.64 bits per heavy atom. The van der Waals surface area contributed by atoms with Crippen LogP contribution in [-0.2, 0) is 21.4 Å². The highest BCUT2D eigenvalue weighted by atomic mass is 32.2. The van der Waals surface area contributed by atoms with Gasteiger partial charge in [-0.15, -0.1) is 0 Å². The highest BCUT2D eigenvalue weighted by molar-refractivity contribution is 7.88. The number of nitrogens with zero attached hydrogens (tertiary/aromatic N) is 5. The van der Waals surface area contributed by atoms with Crippen molar-refractivity contribution in [2.45, 2.75) is 6.54 Å². The van der Waals surface area contributed by atoms with Crippen LogP contribution in [0, 0.1) is 5.82 Å². The zero-order valence-corrected chi connectivity index (χ0v) is 24.8. The van der Waals surface area contributed by atoms with E-state index in [4.69, 9.17) is 0 Å². The highest BCUT2D eigenvalue weighted by Gasteiger charge is 2.17. The number of likely N-dealkylation sites (N-methyl/N-ethyl adjacent to an activating group) is 1. The number of nitrogens with one attached hydrogen (secondary N) is 4. The molecule has 0 unspecified atom stereocenters. The van der Waals surface area contributed by atoms with Crippen LogP contribution < -0.4 is 10.0 Å². The largest absolute Gasteiger partial charge is 0.338 e. The van der Waals surface area contributed by atoms with E-state index in [0.717, 1.165) is 28.2 Å². The van der Waals surface area contributed by atoms with Gasteiger partial charge in [-0.1, -0.05) is 0 Å². The number of carbonyl (C=O) groups excluding carboxylic acids is 1. The molecule has 44 heavy (non-hydrogen) atoms. The number of aromatic amines is 2. The Morgan fingerprint density at radius 1 is 1.00 bits per heavy atom. The molecule has 0 saturated carbocycles. The first-order chi connectivity index (χ1) is 21.0. The number of H-pyrrole nitrogens is 2. The quantitative estimate of drug-likeness (QED) is 0.191. The third-order valence-corrected chi connectivity index (χ3v) is 7.49. The highest BCUT2D eigenvalue weighted by Crippen LogP contribution is 2.34. The van der Waals surface area contributed by atoms with Gasteiger partial charge in [0.1, 0.15) is 17.2 Å². The minimum absolute atomic E-state index is 0.0350. The van der Waals surface area contributed by atoms with E-state index in [1.807, 2.05) is 32.3 Å². The Balaban J connectivity index is 1.36. The zero-order valence-electron chi connectivity index (χ0n) is 24.0. The second kappa shape index (κ2) is 11.6. The van der Waals surface area contributed by atoms with Gasteiger partial charge in [0, 0.05) is 35.3 Å². The molecule has 0 radical (unpaired) electrons. The first kappa shape index (κ1) is 29.0. The van der Waals surface area contributed by atoms with Gasteiger partial charge in [0.15, 0.2) is 0 Å². The summed E-state index contributed by atoms with van der Waals surface area (Å²) in [5, 5.41) is 11.9. The van der Waals surface area contributed by atoms with Crippen molar-refractivity contribution >= 4 is 43.6 Å². The molecule has 5 aromatic heterocycles. The number of fused-ring (bicyclic) bond motifs is 2. The monoisotopic (exact) mass is 613 g/mol. The summed E-state index contributed by atoms with van der Waals surface area (Å²) < 4.78 is 40.1. The molecule has 0 aliphatic heterocycles. The molecule has 0 bridgehead atoms. The third-order valence-electron chi connectivity index (χ3n) is 6.82. The third kappa shape index (κ3) is 6.32. The van der Waals surface area contributed by atoms with E-state index in [1.165, 1.54) is 12.1 Å². The van der Waals surface area contributed by atoms with E-state index in [9.17, 15) is 17.6 Å². The maximum Gasteiger partial charge on any atom is 0.238 e. The molecule has 6 rings (SSSR count). The lowest BCUT2D eigenvalue weighted by molar-refractivity contribution is -0.116. The zero-order chi connectivity index (χ0) is 31.0. The molecule has 0 atom stereocenters. The molecule has 0 spiro atoms. The van der Waals surface area contributed by atoms with Crippen LogP contribution in [0.3, 0.4) is 0 Å². The average Bonchev–Trinajstić information content (AvgIpc) is 3.59. The Kier molecular flexibility index (Phi) is 7.63. The molecule has 5 heterocycles. The fourth-order valence-corrected chi connectivity index (χ4v) is 5.37. The van der Waals surface area contributed by atoms with E-state index in [0.29, 0.717) is 45.1 Å². The summed E-state index contributed by atoms with van der Waals surface area (Å²) in [7, 11) is 0.195. The van der Waals surface area contributed by atoms with Crippen molar-refractivity contribution in [2.75, 3.05) is 32.2 Å². The SMILES string of the molecule is CN(C)CC(=O)Nc1cncc(-c2cc3c(-c4cc5c(-c6cc(F)cc(CNS(C)(=O)=O)c6)ccnc5[nH]4)n[nH]c3cn2)c1. The second-order valence-corrected chi connectivity index (χ2v) is 12.5. The van der Waals surface area contributed by atoms with Gasteiger partial charge in [0.05, 0.1) is 47.8 Å². The summed E-state index contributed by atoms with van der Waals surface area (Å²) in [5.74, 6) is -0.635. The maximum absolute atomic E-state index is 14.6. The number of pyridine rings is 3. The average molecular weight is 614 g/mol.